The molecule has 0 spiro atoms. The number of para-hydroxylation sites is 1. The van der Waals surface area contributed by atoms with Crippen LogP contribution in [0.15, 0.2) is 42.7 Å². The first-order chi connectivity index (χ1) is 12.2. The summed E-state index contributed by atoms with van der Waals surface area (Å²) in [5, 5.41) is 4.39. The lowest BCUT2D eigenvalue weighted by molar-refractivity contribution is 0.250. The summed E-state index contributed by atoms with van der Waals surface area (Å²) in [5.41, 5.74) is 7.69. The van der Waals surface area contributed by atoms with Gasteiger partial charge in [-0.3, -0.25) is 0 Å². The van der Waals surface area contributed by atoms with Gasteiger partial charge >= 0.3 is 0 Å². The molecule has 2 aromatic heterocycles. The Morgan fingerprint density at radius 1 is 1.16 bits per heavy atom. The van der Waals surface area contributed by atoms with Crippen molar-refractivity contribution < 1.29 is 4.74 Å². The number of nitrogens with one attached hydrogen (secondary N) is 1. The first-order valence-electron chi connectivity index (χ1n) is 8.46. The van der Waals surface area contributed by atoms with E-state index in [0.717, 1.165) is 36.3 Å². The van der Waals surface area contributed by atoms with Gasteiger partial charge in [-0.15, -0.1) is 0 Å². The molecule has 1 aromatic carbocycles. The van der Waals surface area contributed by atoms with Crippen molar-refractivity contribution in [2.75, 3.05) is 24.7 Å². The molecule has 0 radical (unpaired) electrons. The summed E-state index contributed by atoms with van der Waals surface area (Å²) in [6.07, 6.45) is 5.01. The average molecular weight is 335 g/mol. The maximum atomic E-state index is 5.75. The Morgan fingerprint density at radius 2 is 2.00 bits per heavy atom. The smallest absolute Gasteiger partial charge is 0.166 e. The molecular weight excluding hydrogens is 314 g/mol. The van der Waals surface area contributed by atoms with Gasteiger partial charge in [0.1, 0.15) is 23.7 Å². The number of anilines is 2. The third kappa shape index (κ3) is 2.73. The zero-order valence-corrected chi connectivity index (χ0v) is 14.2. The van der Waals surface area contributed by atoms with Gasteiger partial charge in [-0.1, -0.05) is 24.6 Å². The van der Waals surface area contributed by atoms with E-state index in [9.17, 15) is 0 Å². The molecule has 0 unspecified atom stereocenters. The van der Waals surface area contributed by atoms with E-state index in [2.05, 4.69) is 32.4 Å². The highest BCUT2D eigenvalue weighted by molar-refractivity contribution is 5.87. The number of hydrogen-bond donors (Lipinski definition) is 2. The van der Waals surface area contributed by atoms with E-state index in [1.165, 1.54) is 18.3 Å². The van der Waals surface area contributed by atoms with E-state index in [4.69, 9.17) is 10.5 Å². The highest BCUT2D eigenvalue weighted by Crippen LogP contribution is 2.47. The van der Waals surface area contributed by atoms with Crippen molar-refractivity contribution in [1.82, 2.24) is 15.0 Å². The number of benzene rings is 1. The topological polar surface area (TPSA) is 86.0 Å². The number of rotatable bonds is 5. The first kappa shape index (κ1) is 15.6. The van der Waals surface area contributed by atoms with E-state index in [1.54, 1.807) is 13.2 Å². The molecule has 2 heterocycles. The fourth-order valence-corrected chi connectivity index (χ4v) is 3.58. The van der Waals surface area contributed by atoms with Crippen molar-refractivity contribution in [3.8, 4) is 5.75 Å². The highest BCUT2D eigenvalue weighted by atomic mass is 16.5. The number of hydrogen-bond acceptors (Lipinski definition) is 6. The largest absolute Gasteiger partial charge is 0.496 e. The normalized spacial score (nSPS) is 15.6. The van der Waals surface area contributed by atoms with Crippen LogP contribution in [-0.4, -0.2) is 28.6 Å². The number of nitrogens with zero attached hydrogens (tertiary/aromatic N) is 3. The van der Waals surface area contributed by atoms with Gasteiger partial charge in [-0.2, -0.15) is 0 Å². The molecule has 1 aliphatic rings. The fraction of sp³-hybridized carbons (Fsp3) is 0.316. The van der Waals surface area contributed by atoms with Crippen molar-refractivity contribution in [3.05, 3.63) is 48.3 Å². The minimum absolute atomic E-state index is 0.0745. The number of nitrogen functional groups attached to an aromatic ring is 1. The van der Waals surface area contributed by atoms with E-state index in [1.807, 2.05) is 18.2 Å². The molecule has 3 N–H and O–H groups in total. The lowest BCUT2D eigenvalue weighted by Crippen LogP contribution is -2.41. The van der Waals surface area contributed by atoms with Crippen LogP contribution >= 0.6 is 0 Å². The van der Waals surface area contributed by atoms with Gasteiger partial charge in [0, 0.05) is 17.5 Å². The minimum Gasteiger partial charge on any atom is -0.496 e. The summed E-state index contributed by atoms with van der Waals surface area (Å²) in [6, 6.07) is 12.0. The molecule has 4 rings (SSSR count). The summed E-state index contributed by atoms with van der Waals surface area (Å²) in [7, 11) is 1.73. The Labute approximate surface area is 146 Å². The van der Waals surface area contributed by atoms with Crippen molar-refractivity contribution in [2.24, 2.45) is 0 Å². The molecule has 128 valence electrons. The molecule has 0 saturated heterocycles. The van der Waals surface area contributed by atoms with Crippen LogP contribution in [0, 0.1) is 0 Å². The lowest BCUT2D eigenvalue weighted by atomic mass is 9.64. The predicted octanol–water partition coefficient (Wildman–Crippen LogP) is 3.15. The molecule has 0 atom stereocenters. The number of nitrogens with two attached hydrogens (primary N) is 1. The second kappa shape index (κ2) is 6.20. The van der Waals surface area contributed by atoms with Crippen LogP contribution in [0.3, 0.4) is 0 Å². The zero-order chi connectivity index (χ0) is 17.3. The van der Waals surface area contributed by atoms with Gasteiger partial charge in [0.05, 0.1) is 12.5 Å². The van der Waals surface area contributed by atoms with Crippen LogP contribution < -0.4 is 15.8 Å². The summed E-state index contributed by atoms with van der Waals surface area (Å²) >= 11 is 0. The van der Waals surface area contributed by atoms with Crippen molar-refractivity contribution in [3.63, 3.8) is 0 Å². The van der Waals surface area contributed by atoms with Gasteiger partial charge in [-0.25, -0.2) is 15.0 Å². The van der Waals surface area contributed by atoms with Crippen LogP contribution in [0.4, 0.5) is 11.6 Å². The second-order valence-electron chi connectivity index (χ2n) is 6.52. The monoisotopic (exact) mass is 335 g/mol. The van der Waals surface area contributed by atoms with E-state index in [0.29, 0.717) is 11.5 Å². The SMILES string of the molecule is COc1ccccc1C1(CNc2ncnc3nc(N)ccc23)CCC1. The fourth-order valence-electron chi connectivity index (χ4n) is 3.58. The molecule has 6 heteroatoms. The Hall–Kier alpha value is -2.89. The quantitative estimate of drug-likeness (QED) is 0.745. The van der Waals surface area contributed by atoms with E-state index >= 15 is 0 Å². The number of fused-ring (bicyclic) bond motifs is 1. The Kier molecular flexibility index (Phi) is 3.87. The number of pyridine rings is 1. The molecule has 0 bridgehead atoms. The van der Waals surface area contributed by atoms with E-state index < -0.39 is 0 Å². The molecule has 3 aromatic rings. The third-order valence-electron chi connectivity index (χ3n) is 5.10. The minimum atomic E-state index is 0.0745. The molecule has 6 nitrogen and oxygen atoms in total. The molecular formula is C19H21N5O. The van der Waals surface area contributed by atoms with Crippen molar-refractivity contribution in [1.29, 1.82) is 0 Å². The molecule has 0 aliphatic heterocycles. The van der Waals surface area contributed by atoms with Crippen LogP contribution in [0.2, 0.25) is 0 Å². The molecule has 25 heavy (non-hydrogen) atoms. The van der Waals surface area contributed by atoms with Crippen LogP contribution in [-0.2, 0) is 5.41 Å². The van der Waals surface area contributed by atoms with Gasteiger partial charge in [0.15, 0.2) is 5.65 Å². The van der Waals surface area contributed by atoms with E-state index in [-0.39, 0.29) is 5.41 Å². The summed E-state index contributed by atoms with van der Waals surface area (Å²) in [6.45, 7) is 0.795. The number of ether oxygens (including phenoxy) is 1. The second-order valence-corrected chi connectivity index (χ2v) is 6.52. The lowest BCUT2D eigenvalue weighted by Gasteiger charge is -2.43. The maximum Gasteiger partial charge on any atom is 0.166 e. The number of aromatic nitrogens is 3. The molecule has 1 aliphatic carbocycles. The summed E-state index contributed by atoms with van der Waals surface area (Å²) in [5.74, 6) is 2.20. The van der Waals surface area contributed by atoms with Crippen LogP contribution in [0.25, 0.3) is 11.0 Å². The molecule has 1 saturated carbocycles. The Morgan fingerprint density at radius 3 is 2.76 bits per heavy atom. The van der Waals surface area contributed by atoms with Crippen molar-refractivity contribution >= 4 is 22.7 Å². The Bertz CT molecular complexity index is 907. The number of methoxy groups -OCH3 is 1. The first-order valence-corrected chi connectivity index (χ1v) is 8.46. The third-order valence-corrected chi connectivity index (χ3v) is 5.10. The average Bonchev–Trinajstić information content (AvgIpc) is 2.61. The molecule has 0 amide bonds. The van der Waals surface area contributed by atoms with Gasteiger partial charge in [0.25, 0.3) is 0 Å². The van der Waals surface area contributed by atoms with Crippen LogP contribution in [0.1, 0.15) is 24.8 Å². The summed E-state index contributed by atoms with van der Waals surface area (Å²) < 4.78 is 5.59. The van der Waals surface area contributed by atoms with Gasteiger partial charge in [0.2, 0.25) is 0 Å². The summed E-state index contributed by atoms with van der Waals surface area (Å²) in [4.78, 5) is 12.9. The maximum absolute atomic E-state index is 5.75. The Balaban J connectivity index is 1.64. The molecule has 1 fully saturated rings. The zero-order valence-electron chi connectivity index (χ0n) is 14.2. The van der Waals surface area contributed by atoms with Crippen LogP contribution in [0.5, 0.6) is 5.75 Å². The highest BCUT2D eigenvalue weighted by Gasteiger charge is 2.40. The van der Waals surface area contributed by atoms with Crippen molar-refractivity contribution in [2.45, 2.75) is 24.7 Å². The predicted molar refractivity (Wildman–Crippen MR) is 98.8 cm³/mol. The van der Waals surface area contributed by atoms with Gasteiger partial charge in [-0.05, 0) is 31.0 Å². The van der Waals surface area contributed by atoms with Gasteiger partial charge < -0.3 is 15.8 Å². The standard InChI is InChI=1S/C19H21N5O/c1-25-15-6-3-2-5-14(15)19(9-4-10-19)11-21-17-13-7-8-16(20)24-18(13)23-12-22-17/h2-3,5-8,12H,4,9-11H2,1H3,(H3,20,21,22,23,24).